The number of nitrogens with one attached hydrogen (secondary N) is 1. The first kappa shape index (κ1) is 23.5. The van der Waals surface area contributed by atoms with E-state index in [9.17, 15) is 9.59 Å². The van der Waals surface area contributed by atoms with Gasteiger partial charge in [-0.05, 0) is 49.2 Å². The van der Waals surface area contributed by atoms with Crippen LogP contribution in [0.1, 0.15) is 24.5 Å². The molecule has 0 aliphatic rings. The highest BCUT2D eigenvalue weighted by atomic mass is 79.9. The highest BCUT2D eigenvalue weighted by Crippen LogP contribution is 2.27. The van der Waals surface area contributed by atoms with Gasteiger partial charge in [-0.15, -0.1) is 0 Å². The normalized spacial score (nSPS) is 11.7. The largest absolute Gasteiger partial charge is 0.484 e. The molecule has 0 bridgehead atoms. The Morgan fingerprint density at radius 1 is 1.21 bits per heavy atom. The molecule has 2 amide bonds. The van der Waals surface area contributed by atoms with Crippen LogP contribution in [0.5, 0.6) is 5.75 Å². The monoisotopic (exact) mass is 500 g/mol. The zero-order valence-corrected chi connectivity index (χ0v) is 19.6. The van der Waals surface area contributed by atoms with Gasteiger partial charge in [-0.2, -0.15) is 0 Å². The molecule has 2 aromatic carbocycles. The quantitative estimate of drug-likeness (QED) is 0.553. The van der Waals surface area contributed by atoms with Gasteiger partial charge in [-0.1, -0.05) is 52.1 Å². The molecule has 2 rings (SSSR count). The summed E-state index contributed by atoms with van der Waals surface area (Å²) in [6.45, 7) is 3.67. The van der Waals surface area contributed by atoms with E-state index in [1.165, 1.54) is 11.9 Å². The summed E-state index contributed by atoms with van der Waals surface area (Å²) in [5, 5.41) is 3.48. The molecule has 29 heavy (non-hydrogen) atoms. The van der Waals surface area contributed by atoms with Crippen molar-refractivity contribution in [2.24, 2.45) is 0 Å². The van der Waals surface area contributed by atoms with Gasteiger partial charge in [-0.3, -0.25) is 9.59 Å². The SMILES string of the molecule is CC[C@@H](C(=O)NC)N(Cc1c(Cl)cccc1Cl)C(=O)COc1ccc(Br)c(C)c1. The van der Waals surface area contributed by atoms with Gasteiger partial charge in [0.1, 0.15) is 11.8 Å². The molecule has 0 aliphatic heterocycles. The number of hydrogen-bond donors (Lipinski definition) is 1. The number of carbonyl (C=O) groups is 2. The van der Waals surface area contributed by atoms with Crippen LogP contribution in [0.3, 0.4) is 0 Å². The van der Waals surface area contributed by atoms with E-state index in [-0.39, 0.29) is 25.0 Å². The van der Waals surface area contributed by atoms with E-state index in [1.807, 2.05) is 26.0 Å². The minimum absolute atomic E-state index is 0.103. The maximum atomic E-state index is 13.0. The molecule has 1 N–H and O–H groups in total. The van der Waals surface area contributed by atoms with Crippen molar-refractivity contribution < 1.29 is 14.3 Å². The average molecular weight is 502 g/mol. The minimum Gasteiger partial charge on any atom is -0.484 e. The smallest absolute Gasteiger partial charge is 0.261 e. The third-order valence-corrected chi connectivity index (χ3v) is 6.11. The summed E-state index contributed by atoms with van der Waals surface area (Å²) in [7, 11) is 1.54. The van der Waals surface area contributed by atoms with Crippen molar-refractivity contribution in [1.29, 1.82) is 0 Å². The molecule has 8 heteroatoms. The van der Waals surface area contributed by atoms with Gasteiger partial charge in [0, 0.05) is 33.7 Å². The molecule has 156 valence electrons. The van der Waals surface area contributed by atoms with E-state index in [1.54, 1.807) is 24.3 Å². The van der Waals surface area contributed by atoms with Crippen molar-refractivity contribution >= 4 is 50.9 Å². The molecule has 0 saturated carbocycles. The van der Waals surface area contributed by atoms with Crippen molar-refractivity contribution in [1.82, 2.24) is 10.2 Å². The lowest BCUT2D eigenvalue weighted by atomic mass is 10.1. The molecule has 1 atom stereocenters. The predicted octanol–water partition coefficient (Wildman–Crippen LogP) is 5.00. The molecule has 0 spiro atoms. The Labute approximate surface area is 189 Å². The van der Waals surface area contributed by atoms with Gasteiger partial charge in [-0.25, -0.2) is 0 Å². The predicted molar refractivity (Wildman–Crippen MR) is 120 cm³/mol. The summed E-state index contributed by atoms with van der Waals surface area (Å²) >= 11 is 16.0. The van der Waals surface area contributed by atoms with Crippen molar-refractivity contribution in [2.75, 3.05) is 13.7 Å². The van der Waals surface area contributed by atoms with Crippen LogP contribution in [0.2, 0.25) is 10.0 Å². The number of aryl methyl sites for hydroxylation is 1. The lowest BCUT2D eigenvalue weighted by molar-refractivity contribution is -0.142. The third-order valence-electron chi connectivity index (χ3n) is 4.51. The number of halogens is 3. The maximum absolute atomic E-state index is 13.0. The molecule has 5 nitrogen and oxygen atoms in total. The summed E-state index contributed by atoms with van der Waals surface area (Å²) in [5.74, 6) is -0.0247. The first-order chi connectivity index (χ1) is 13.8. The number of ether oxygens (including phenoxy) is 1. The number of carbonyl (C=O) groups excluding carboxylic acids is 2. The number of likely N-dealkylation sites (N-methyl/N-ethyl adjacent to an activating group) is 1. The Morgan fingerprint density at radius 3 is 2.41 bits per heavy atom. The van der Waals surface area contributed by atoms with Crippen molar-refractivity contribution in [3.63, 3.8) is 0 Å². The number of amides is 2. The Hall–Kier alpha value is -1.76. The summed E-state index contributed by atoms with van der Waals surface area (Å²) in [6.07, 6.45) is 0.435. The lowest BCUT2D eigenvalue weighted by Gasteiger charge is -2.30. The first-order valence-corrected chi connectivity index (χ1v) is 10.7. The molecule has 0 aliphatic carbocycles. The van der Waals surface area contributed by atoms with Crippen molar-refractivity contribution in [3.8, 4) is 5.75 Å². The lowest BCUT2D eigenvalue weighted by Crippen LogP contribution is -2.49. The molecule has 2 aromatic rings. The fourth-order valence-electron chi connectivity index (χ4n) is 2.87. The van der Waals surface area contributed by atoms with Crippen LogP contribution in [-0.4, -0.2) is 36.4 Å². The molecule has 0 unspecified atom stereocenters. The maximum Gasteiger partial charge on any atom is 0.261 e. The highest BCUT2D eigenvalue weighted by molar-refractivity contribution is 9.10. The van der Waals surface area contributed by atoms with Crippen LogP contribution in [0, 0.1) is 6.92 Å². The fourth-order valence-corrected chi connectivity index (χ4v) is 3.64. The molecule has 0 saturated heterocycles. The van der Waals surface area contributed by atoms with Gasteiger partial charge < -0.3 is 15.0 Å². The van der Waals surface area contributed by atoms with Crippen molar-refractivity contribution in [3.05, 3.63) is 62.0 Å². The number of rotatable bonds is 8. The number of nitrogens with zero attached hydrogens (tertiary/aromatic N) is 1. The van der Waals surface area contributed by atoms with Crippen LogP contribution in [0.4, 0.5) is 0 Å². The Morgan fingerprint density at radius 2 is 1.86 bits per heavy atom. The standard InChI is InChI=1S/C21H23BrCl2N2O3/c1-4-19(21(28)25-3)26(11-15-17(23)6-5-7-18(15)24)20(27)12-29-14-8-9-16(22)13(2)10-14/h5-10,19H,4,11-12H2,1-3H3,(H,25,28)/t19-/m0/s1. The van der Waals surface area contributed by atoms with E-state index in [0.29, 0.717) is 27.8 Å². The van der Waals surface area contributed by atoms with Crippen LogP contribution < -0.4 is 10.1 Å². The minimum atomic E-state index is -0.671. The average Bonchev–Trinajstić information content (AvgIpc) is 2.70. The second-order valence-corrected chi connectivity index (χ2v) is 8.13. The first-order valence-electron chi connectivity index (χ1n) is 9.11. The van der Waals surface area contributed by atoms with Crippen LogP contribution in [-0.2, 0) is 16.1 Å². The van der Waals surface area contributed by atoms with E-state index in [4.69, 9.17) is 27.9 Å². The number of hydrogen-bond acceptors (Lipinski definition) is 3. The van der Waals surface area contributed by atoms with Crippen LogP contribution >= 0.6 is 39.1 Å². The molecule has 0 radical (unpaired) electrons. The van der Waals surface area contributed by atoms with Gasteiger partial charge in [0.15, 0.2) is 6.61 Å². The highest BCUT2D eigenvalue weighted by Gasteiger charge is 2.29. The molecular formula is C21H23BrCl2N2O3. The molecule has 0 fully saturated rings. The van der Waals surface area contributed by atoms with Gasteiger partial charge in [0.25, 0.3) is 5.91 Å². The van der Waals surface area contributed by atoms with E-state index >= 15 is 0 Å². The Balaban J connectivity index is 2.26. The van der Waals surface area contributed by atoms with Crippen LogP contribution in [0.25, 0.3) is 0 Å². The summed E-state index contributed by atoms with van der Waals surface area (Å²) in [5.41, 5.74) is 1.58. The molecule has 0 aromatic heterocycles. The van der Waals surface area contributed by atoms with Crippen molar-refractivity contribution in [2.45, 2.75) is 32.9 Å². The van der Waals surface area contributed by atoms with E-state index < -0.39 is 6.04 Å². The molecular weight excluding hydrogens is 479 g/mol. The zero-order valence-electron chi connectivity index (χ0n) is 16.5. The molecule has 0 heterocycles. The number of benzene rings is 2. The Kier molecular flexibility index (Phi) is 8.80. The second kappa shape index (κ2) is 10.9. The fraction of sp³-hybridized carbons (Fsp3) is 0.333. The van der Waals surface area contributed by atoms with Gasteiger partial charge in [0.2, 0.25) is 5.91 Å². The third kappa shape index (κ3) is 6.11. The van der Waals surface area contributed by atoms with E-state index in [2.05, 4.69) is 21.2 Å². The Bertz CT molecular complexity index is 872. The van der Waals surface area contributed by atoms with Gasteiger partial charge >= 0.3 is 0 Å². The second-order valence-electron chi connectivity index (χ2n) is 6.46. The van der Waals surface area contributed by atoms with Gasteiger partial charge in [0.05, 0.1) is 0 Å². The zero-order chi connectivity index (χ0) is 21.6. The van der Waals surface area contributed by atoms with E-state index in [0.717, 1.165) is 10.0 Å². The summed E-state index contributed by atoms with van der Waals surface area (Å²) < 4.78 is 6.64. The topological polar surface area (TPSA) is 58.6 Å². The summed E-state index contributed by atoms with van der Waals surface area (Å²) in [6, 6.07) is 9.93. The summed E-state index contributed by atoms with van der Waals surface area (Å²) in [4.78, 5) is 26.9. The van der Waals surface area contributed by atoms with Crippen LogP contribution in [0.15, 0.2) is 40.9 Å².